The molecule has 2 aromatic rings. The van der Waals surface area contributed by atoms with Crippen molar-refractivity contribution in [3.8, 4) is 0 Å². The Balaban J connectivity index is 1.78. The molecule has 2 amide bonds. The molecular formula is C21H22N6O12S2. The van der Waals surface area contributed by atoms with Crippen LogP contribution in [0.3, 0.4) is 0 Å². The number of non-ortho nitro benzene ring substituents is 1. The molecule has 4 N–H and O–H groups in total. The van der Waals surface area contributed by atoms with Gasteiger partial charge in [0.15, 0.2) is 16.9 Å². The Morgan fingerprint density at radius 2 is 1.93 bits per heavy atom. The van der Waals surface area contributed by atoms with Gasteiger partial charge in [0.2, 0.25) is 5.60 Å². The summed E-state index contributed by atoms with van der Waals surface area (Å²) < 4.78 is 41.7. The number of carbonyl (C=O) groups excluding carboxylic acids is 4. The van der Waals surface area contributed by atoms with Gasteiger partial charge >= 0.3 is 22.2 Å². The molecule has 0 saturated carbocycles. The number of hydrogen-bond acceptors (Lipinski definition) is 15. The molecule has 3 rings (SSSR count). The third kappa shape index (κ3) is 6.91. The zero-order valence-electron chi connectivity index (χ0n) is 21.4. The normalized spacial score (nSPS) is 17.3. The fraction of sp³-hybridized carbons (Fsp3) is 0.333. The fourth-order valence-electron chi connectivity index (χ4n) is 3.26. The molecule has 1 saturated heterocycles. The van der Waals surface area contributed by atoms with Gasteiger partial charge in [0, 0.05) is 17.5 Å². The van der Waals surface area contributed by atoms with Gasteiger partial charge in [-0.3, -0.25) is 24.3 Å². The molecule has 2 heterocycles. The smallest absolute Gasteiger partial charge is 0.363 e. The van der Waals surface area contributed by atoms with Gasteiger partial charge in [-0.1, -0.05) is 5.16 Å². The highest BCUT2D eigenvalue weighted by Gasteiger charge is 2.58. The Morgan fingerprint density at radius 1 is 1.29 bits per heavy atom. The summed E-state index contributed by atoms with van der Waals surface area (Å²) in [6.45, 7) is 2.24. The summed E-state index contributed by atoms with van der Waals surface area (Å²) in [5.74, 6) is -4.73. The van der Waals surface area contributed by atoms with E-state index in [2.05, 4.69) is 20.2 Å². The fourth-order valence-corrected chi connectivity index (χ4v) is 4.64. The van der Waals surface area contributed by atoms with Gasteiger partial charge in [0.05, 0.1) is 12.0 Å². The van der Waals surface area contributed by atoms with Gasteiger partial charge in [-0.15, -0.1) is 11.3 Å². The lowest BCUT2D eigenvalue weighted by Crippen LogP contribution is -2.74. The van der Waals surface area contributed by atoms with E-state index in [1.807, 2.05) is 0 Å². The first kappa shape index (κ1) is 30.8. The predicted octanol–water partition coefficient (Wildman–Crippen LogP) is -0.452. The minimum atomic E-state index is -5.16. The van der Waals surface area contributed by atoms with Crippen LogP contribution >= 0.6 is 11.3 Å². The topological polar surface area (TPSA) is 260 Å². The van der Waals surface area contributed by atoms with Crippen LogP contribution in [0.25, 0.3) is 0 Å². The zero-order chi connectivity index (χ0) is 30.7. The largest absolute Gasteiger partial charge is 0.467 e. The second-order valence-corrected chi connectivity index (χ2v) is 10.8. The summed E-state index contributed by atoms with van der Waals surface area (Å²) in [6.07, 6.45) is 0. The molecule has 41 heavy (non-hydrogen) atoms. The Morgan fingerprint density at radius 3 is 2.44 bits per heavy atom. The second-order valence-electron chi connectivity index (χ2n) is 8.64. The van der Waals surface area contributed by atoms with Crippen LogP contribution in [0.1, 0.15) is 25.1 Å². The lowest BCUT2D eigenvalue weighted by atomic mass is 9.98. The number of thiazole rings is 1. The maximum atomic E-state index is 13.1. The molecule has 1 aromatic carbocycles. The minimum absolute atomic E-state index is 0.00646. The lowest BCUT2D eigenvalue weighted by Gasteiger charge is -2.41. The molecule has 20 heteroatoms. The number of oxime groups is 1. The summed E-state index contributed by atoms with van der Waals surface area (Å²) in [5.41, 5.74) is 3.32. The number of nitrogens with zero attached hydrogens (tertiary/aromatic N) is 4. The number of esters is 2. The number of hydrogen-bond donors (Lipinski definition) is 3. The number of nitrogens with two attached hydrogens (primary N) is 1. The van der Waals surface area contributed by atoms with Gasteiger partial charge in [0.1, 0.15) is 18.3 Å². The van der Waals surface area contributed by atoms with Crippen LogP contribution in [0.2, 0.25) is 0 Å². The summed E-state index contributed by atoms with van der Waals surface area (Å²) in [4.78, 5) is 69.5. The number of aromatic nitrogens is 1. The van der Waals surface area contributed by atoms with E-state index in [4.69, 9.17) is 15.3 Å². The van der Waals surface area contributed by atoms with Crippen molar-refractivity contribution in [2.75, 3.05) is 12.8 Å². The number of nitro benzene ring substituents is 1. The predicted molar refractivity (Wildman–Crippen MR) is 137 cm³/mol. The Bertz CT molecular complexity index is 1520. The van der Waals surface area contributed by atoms with Gasteiger partial charge < -0.3 is 25.4 Å². The van der Waals surface area contributed by atoms with Crippen molar-refractivity contribution in [2.45, 2.75) is 38.1 Å². The zero-order valence-corrected chi connectivity index (χ0v) is 23.0. The van der Waals surface area contributed by atoms with Crippen molar-refractivity contribution < 1.29 is 51.4 Å². The van der Waals surface area contributed by atoms with Crippen LogP contribution in [0.4, 0.5) is 10.8 Å². The number of nitrogens with one attached hydrogen (secondary N) is 1. The van der Waals surface area contributed by atoms with E-state index in [0.717, 1.165) is 18.4 Å². The maximum Gasteiger partial charge on any atom is 0.363 e. The highest BCUT2D eigenvalue weighted by Crippen LogP contribution is 2.25. The first-order chi connectivity index (χ1) is 19.1. The third-order valence-electron chi connectivity index (χ3n) is 5.38. The molecule has 0 unspecified atom stereocenters. The van der Waals surface area contributed by atoms with E-state index in [0.29, 0.717) is 5.56 Å². The molecule has 0 aliphatic carbocycles. The number of methoxy groups -OCH3 is 1. The summed E-state index contributed by atoms with van der Waals surface area (Å²) in [7, 11) is -4.26. The molecule has 1 aromatic heterocycles. The summed E-state index contributed by atoms with van der Waals surface area (Å²) >= 11 is 0.905. The van der Waals surface area contributed by atoms with Crippen LogP contribution in [0.5, 0.6) is 0 Å². The number of nitrogen functional groups attached to an aromatic ring is 1. The molecule has 0 bridgehead atoms. The maximum absolute atomic E-state index is 13.1. The highest BCUT2D eigenvalue weighted by molar-refractivity contribution is 7.84. The van der Waals surface area contributed by atoms with Crippen LogP contribution < -0.4 is 11.1 Å². The lowest BCUT2D eigenvalue weighted by molar-refractivity contribution is -0.384. The molecule has 0 radical (unpaired) electrons. The summed E-state index contributed by atoms with van der Waals surface area (Å²) in [6, 6.07) is 1.54. The molecule has 1 fully saturated rings. The van der Waals surface area contributed by atoms with Crippen molar-refractivity contribution in [3.63, 3.8) is 0 Å². The number of ether oxygens (including phenoxy) is 2. The second kappa shape index (κ2) is 11.8. The number of nitro groups is 1. The number of rotatable bonds is 11. The summed E-state index contributed by atoms with van der Waals surface area (Å²) in [5, 5.41) is 17.9. The van der Waals surface area contributed by atoms with Gasteiger partial charge in [-0.2, -0.15) is 12.7 Å². The van der Waals surface area contributed by atoms with Crippen molar-refractivity contribution in [3.05, 3.63) is 51.0 Å². The van der Waals surface area contributed by atoms with Crippen LogP contribution in [-0.4, -0.2) is 81.4 Å². The van der Waals surface area contributed by atoms with Crippen molar-refractivity contribution in [1.29, 1.82) is 0 Å². The molecule has 18 nitrogen and oxygen atoms in total. The first-order valence-corrected chi connectivity index (χ1v) is 13.4. The number of β-lactam (4-membered cyclic amide) rings is 1. The Labute approximate surface area is 235 Å². The molecule has 1 aliphatic heterocycles. The van der Waals surface area contributed by atoms with E-state index >= 15 is 0 Å². The van der Waals surface area contributed by atoms with E-state index in [9.17, 15) is 42.3 Å². The van der Waals surface area contributed by atoms with E-state index in [-0.39, 0.29) is 27.4 Å². The molecule has 2 atom stereocenters. The van der Waals surface area contributed by atoms with Gasteiger partial charge in [0.25, 0.3) is 17.5 Å². The number of amides is 2. The minimum Gasteiger partial charge on any atom is -0.467 e. The first-order valence-electron chi connectivity index (χ1n) is 11.1. The SMILES string of the molecule is COC(=O)[C@H]1[C@@H](NC(=O)C(=NOC(C)(C)C(=O)OCc2ccc([N+](=O)[O-])cc2)c2csc(N)n2)C(=O)N1S(=O)(=O)O. The average Bonchev–Trinajstić information content (AvgIpc) is 3.33. The number of anilines is 1. The van der Waals surface area contributed by atoms with Crippen LogP contribution in [0, 0.1) is 10.1 Å². The molecule has 220 valence electrons. The average molecular weight is 615 g/mol. The monoisotopic (exact) mass is 614 g/mol. The van der Waals surface area contributed by atoms with Gasteiger partial charge in [-0.05, 0) is 31.5 Å². The highest BCUT2D eigenvalue weighted by atomic mass is 32.2. The Kier molecular flexibility index (Phi) is 8.89. The standard InChI is InChI=1S/C21H22N6O12S2/c1-21(2,19(31)38-8-10-4-6-11(7-5-10)27(32)33)39-25-13(12-9-40-20(22)23-12)16(28)24-14-15(18(30)37-3)26(17(14)29)41(34,35)36/h4-7,9,14-15H,8H2,1-3H3,(H2,22,23)(H,24,28)(H,34,35,36)/t14-,15-/m1/s1. The molecule has 1 aliphatic rings. The van der Waals surface area contributed by atoms with E-state index in [1.54, 1.807) is 0 Å². The quantitative estimate of drug-likeness (QED) is 0.0723. The van der Waals surface area contributed by atoms with Gasteiger partial charge in [-0.25, -0.2) is 14.6 Å². The van der Waals surface area contributed by atoms with E-state index in [1.165, 1.54) is 43.5 Å². The number of carbonyl (C=O) groups is 4. The van der Waals surface area contributed by atoms with Crippen molar-refractivity contribution in [1.82, 2.24) is 14.6 Å². The molecule has 0 spiro atoms. The third-order valence-corrected chi connectivity index (χ3v) is 6.96. The van der Waals surface area contributed by atoms with Crippen LogP contribution in [-0.2, 0) is 50.4 Å². The van der Waals surface area contributed by atoms with E-state index < -0.39 is 62.4 Å². The molecular weight excluding hydrogens is 592 g/mol. The van der Waals surface area contributed by atoms with Crippen LogP contribution in [0.15, 0.2) is 34.8 Å². The number of benzene rings is 1. The van der Waals surface area contributed by atoms with Crippen molar-refractivity contribution >= 4 is 61.9 Å². The van der Waals surface area contributed by atoms with Crippen molar-refractivity contribution in [2.24, 2.45) is 5.16 Å². The Hall–Kier alpha value is -4.69.